The summed E-state index contributed by atoms with van der Waals surface area (Å²) in [5.74, 6) is -0.193. The van der Waals surface area contributed by atoms with Crippen LogP contribution < -0.4 is 11.4 Å². The Balaban J connectivity index is 1.32. The van der Waals surface area contributed by atoms with Crippen molar-refractivity contribution in [3.63, 3.8) is 0 Å². The van der Waals surface area contributed by atoms with Crippen LogP contribution in [0.1, 0.15) is 57.2 Å². The van der Waals surface area contributed by atoms with E-state index in [1.54, 1.807) is 0 Å². The summed E-state index contributed by atoms with van der Waals surface area (Å²) in [5.41, 5.74) is 6.37. The zero-order chi connectivity index (χ0) is 22.8. The van der Waals surface area contributed by atoms with Crippen LogP contribution in [0.15, 0.2) is 47.4 Å². The van der Waals surface area contributed by atoms with Crippen LogP contribution in [-0.2, 0) is 25.4 Å². The highest BCUT2D eigenvalue weighted by Gasteiger charge is 2.30. The van der Waals surface area contributed by atoms with Crippen molar-refractivity contribution in [1.82, 2.24) is 9.55 Å². The van der Waals surface area contributed by atoms with E-state index in [0.717, 1.165) is 44.9 Å². The minimum Gasteiger partial charge on any atom is -0.460 e. The second-order valence-electron chi connectivity index (χ2n) is 8.07. The van der Waals surface area contributed by atoms with Gasteiger partial charge in [0.1, 0.15) is 12.4 Å². The van der Waals surface area contributed by atoms with Gasteiger partial charge in [0.15, 0.2) is 12.5 Å². The van der Waals surface area contributed by atoms with Crippen molar-refractivity contribution in [2.75, 3.05) is 18.9 Å². The van der Waals surface area contributed by atoms with Crippen molar-refractivity contribution < 1.29 is 19.0 Å². The minimum absolute atomic E-state index is 0.0000600. The quantitative estimate of drug-likeness (QED) is 0.395. The maximum absolute atomic E-state index is 12.5. The van der Waals surface area contributed by atoms with Crippen LogP contribution in [0.3, 0.4) is 0 Å². The monoisotopic (exact) mass is 443 g/mol. The summed E-state index contributed by atoms with van der Waals surface area (Å²) >= 11 is 0. The van der Waals surface area contributed by atoms with Crippen LogP contribution >= 0.6 is 0 Å². The van der Waals surface area contributed by atoms with Crippen molar-refractivity contribution in [3.8, 4) is 0 Å². The molecule has 0 saturated carbocycles. The van der Waals surface area contributed by atoms with Gasteiger partial charge >= 0.3 is 11.7 Å². The Morgan fingerprint density at radius 1 is 1.22 bits per heavy atom. The van der Waals surface area contributed by atoms with Gasteiger partial charge in [-0.3, -0.25) is 9.36 Å². The van der Waals surface area contributed by atoms with Gasteiger partial charge in [-0.15, -0.1) is 0 Å². The molecule has 1 aliphatic rings. The normalized spacial score (nSPS) is 19.0. The zero-order valence-corrected chi connectivity index (χ0v) is 18.7. The number of nitrogen functional groups attached to an aromatic ring is 1. The number of carbonyl (C=O) groups excluding carboxylic acids is 1. The van der Waals surface area contributed by atoms with Gasteiger partial charge in [-0.1, -0.05) is 56.5 Å². The van der Waals surface area contributed by atoms with Gasteiger partial charge in [0.25, 0.3) is 0 Å². The molecule has 1 aliphatic heterocycles. The number of carbonyl (C=O) groups is 1. The lowest BCUT2D eigenvalue weighted by atomic mass is 9.97. The van der Waals surface area contributed by atoms with E-state index in [2.05, 4.69) is 29.2 Å². The van der Waals surface area contributed by atoms with Crippen LogP contribution in [0, 0.1) is 5.92 Å². The predicted molar refractivity (Wildman–Crippen MR) is 121 cm³/mol. The average molecular weight is 444 g/mol. The van der Waals surface area contributed by atoms with Gasteiger partial charge in [0.2, 0.25) is 0 Å². The third kappa shape index (κ3) is 7.17. The molecule has 1 aromatic heterocycles. The maximum Gasteiger partial charge on any atom is 0.351 e. The van der Waals surface area contributed by atoms with Crippen molar-refractivity contribution >= 4 is 11.8 Å². The number of anilines is 1. The molecule has 1 aromatic carbocycles. The summed E-state index contributed by atoms with van der Waals surface area (Å²) in [6.45, 7) is 2.18. The predicted octanol–water partition coefficient (Wildman–Crippen LogP) is 3.46. The fraction of sp³-hybridized carbons (Fsp3) is 0.542. The summed E-state index contributed by atoms with van der Waals surface area (Å²) in [6.07, 6.45) is 7.29. The summed E-state index contributed by atoms with van der Waals surface area (Å²) in [4.78, 5) is 28.1. The standard InChI is InChI=1S/C24H33N3O5/c1-2-19(13-9-4-3-6-10-18-11-7-5-8-12-18)23(28)31-17-22-30-16-21(32-22)27-15-14-20(25)26-24(27)29/h5,7-8,11-12,14-15,19,21-22H,2-4,6,9-10,13,16-17H2,1H3,(H2,25,26,29). The average Bonchev–Trinajstić information content (AvgIpc) is 3.26. The lowest BCUT2D eigenvalue weighted by Crippen LogP contribution is -2.29. The van der Waals surface area contributed by atoms with Crippen LogP contribution in [0.5, 0.6) is 0 Å². The second kappa shape index (κ2) is 12.4. The van der Waals surface area contributed by atoms with E-state index in [1.807, 2.05) is 13.0 Å². The van der Waals surface area contributed by atoms with Crippen LogP contribution in [-0.4, -0.2) is 35.0 Å². The van der Waals surface area contributed by atoms with E-state index in [9.17, 15) is 9.59 Å². The van der Waals surface area contributed by atoms with Gasteiger partial charge in [-0.2, -0.15) is 4.98 Å². The third-order valence-corrected chi connectivity index (χ3v) is 5.69. The zero-order valence-electron chi connectivity index (χ0n) is 18.7. The number of unbranched alkanes of at least 4 members (excludes halogenated alkanes) is 3. The van der Waals surface area contributed by atoms with Gasteiger partial charge in [-0.05, 0) is 37.3 Å². The minimum atomic E-state index is -0.705. The summed E-state index contributed by atoms with van der Waals surface area (Å²) in [6, 6.07) is 12.0. The van der Waals surface area contributed by atoms with Crippen molar-refractivity contribution in [1.29, 1.82) is 0 Å². The van der Waals surface area contributed by atoms with Gasteiger partial charge in [-0.25, -0.2) is 4.79 Å². The Morgan fingerprint density at radius 2 is 2.00 bits per heavy atom. The highest BCUT2D eigenvalue weighted by Crippen LogP contribution is 2.21. The number of esters is 1. The lowest BCUT2D eigenvalue weighted by molar-refractivity contribution is -0.164. The fourth-order valence-corrected chi connectivity index (χ4v) is 3.80. The van der Waals surface area contributed by atoms with E-state index in [1.165, 1.54) is 22.4 Å². The molecule has 2 aromatic rings. The molecule has 1 fully saturated rings. The van der Waals surface area contributed by atoms with E-state index >= 15 is 0 Å². The molecule has 0 bridgehead atoms. The van der Waals surface area contributed by atoms with Crippen molar-refractivity contribution in [2.45, 2.75) is 64.4 Å². The van der Waals surface area contributed by atoms with E-state index in [-0.39, 0.29) is 30.9 Å². The molecule has 2 heterocycles. The molecule has 8 heteroatoms. The highest BCUT2D eigenvalue weighted by atomic mass is 16.7. The molecule has 2 N–H and O–H groups in total. The smallest absolute Gasteiger partial charge is 0.351 e. The maximum atomic E-state index is 12.5. The first kappa shape index (κ1) is 23.9. The molecule has 174 valence electrons. The van der Waals surface area contributed by atoms with Crippen molar-refractivity contribution in [2.24, 2.45) is 5.92 Å². The Kier molecular flexibility index (Phi) is 9.25. The lowest BCUT2D eigenvalue weighted by Gasteiger charge is -2.17. The molecule has 0 amide bonds. The molecule has 0 aliphatic carbocycles. The first-order chi connectivity index (χ1) is 15.6. The first-order valence-corrected chi connectivity index (χ1v) is 11.4. The molecule has 0 spiro atoms. The summed E-state index contributed by atoms with van der Waals surface area (Å²) in [7, 11) is 0. The van der Waals surface area contributed by atoms with E-state index < -0.39 is 18.2 Å². The number of benzene rings is 1. The number of aryl methyl sites for hydroxylation is 1. The summed E-state index contributed by atoms with van der Waals surface area (Å²) < 4.78 is 17.9. The molecule has 3 rings (SSSR count). The topological polar surface area (TPSA) is 106 Å². The number of hydrogen-bond acceptors (Lipinski definition) is 7. The Hall–Kier alpha value is -2.71. The van der Waals surface area contributed by atoms with Crippen LogP contribution in [0.25, 0.3) is 0 Å². The second-order valence-corrected chi connectivity index (χ2v) is 8.07. The fourth-order valence-electron chi connectivity index (χ4n) is 3.80. The third-order valence-electron chi connectivity index (χ3n) is 5.69. The Labute approximate surface area is 188 Å². The highest BCUT2D eigenvalue weighted by molar-refractivity contribution is 5.72. The number of hydrogen-bond donors (Lipinski definition) is 1. The number of aromatic nitrogens is 2. The van der Waals surface area contributed by atoms with Crippen LogP contribution in [0.2, 0.25) is 0 Å². The SMILES string of the molecule is CCC(CCCCCCc1ccccc1)C(=O)OCC1OCC(n2ccc(N)nc2=O)O1. The molecule has 3 unspecified atom stereocenters. The van der Waals surface area contributed by atoms with E-state index in [4.69, 9.17) is 19.9 Å². The van der Waals surface area contributed by atoms with Gasteiger partial charge in [0, 0.05) is 6.20 Å². The van der Waals surface area contributed by atoms with Gasteiger partial charge in [0.05, 0.1) is 12.5 Å². The molecule has 8 nitrogen and oxygen atoms in total. The largest absolute Gasteiger partial charge is 0.460 e. The van der Waals surface area contributed by atoms with Crippen LogP contribution in [0.4, 0.5) is 5.82 Å². The molecular formula is C24H33N3O5. The number of nitrogens with zero attached hydrogens (tertiary/aromatic N) is 2. The molecule has 32 heavy (non-hydrogen) atoms. The molecule has 0 radical (unpaired) electrons. The number of ether oxygens (including phenoxy) is 3. The number of nitrogens with two attached hydrogens (primary N) is 1. The molecule has 3 atom stereocenters. The Morgan fingerprint density at radius 3 is 2.75 bits per heavy atom. The number of rotatable bonds is 12. The van der Waals surface area contributed by atoms with Crippen molar-refractivity contribution in [3.05, 3.63) is 58.6 Å². The Bertz CT molecular complexity index is 902. The first-order valence-electron chi connectivity index (χ1n) is 11.4. The molecule has 1 saturated heterocycles. The van der Waals surface area contributed by atoms with Gasteiger partial charge < -0.3 is 19.9 Å². The molecular weight excluding hydrogens is 410 g/mol. The summed E-state index contributed by atoms with van der Waals surface area (Å²) in [5, 5.41) is 0. The van der Waals surface area contributed by atoms with E-state index in [0.29, 0.717) is 0 Å².